The molecule has 1 aromatic heterocycles. The molecule has 1 aromatic carbocycles. The molecular weight excluding hydrogens is 334 g/mol. The Hall–Kier alpha value is -0.850. The van der Waals surface area contributed by atoms with E-state index in [-0.39, 0.29) is 22.6 Å². The molecule has 0 aliphatic heterocycles. The summed E-state index contributed by atoms with van der Waals surface area (Å²) in [7, 11) is 0. The molecule has 0 spiro atoms. The van der Waals surface area contributed by atoms with Crippen LogP contribution in [0.1, 0.15) is 30.0 Å². The topological polar surface area (TPSA) is 24.9 Å². The van der Waals surface area contributed by atoms with E-state index in [0.717, 1.165) is 11.4 Å². The van der Waals surface area contributed by atoms with Gasteiger partial charge in [0.1, 0.15) is 16.6 Å². The summed E-state index contributed by atoms with van der Waals surface area (Å²) >= 11 is 4.60. The van der Waals surface area contributed by atoms with Crippen molar-refractivity contribution in [2.75, 3.05) is 0 Å². The average Bonchev–Trinajstić information content (AvgIpc) is 2.92. The van der Waals surface area contributed by atoms with Crippen LogP contribution in [0.4, 0.5) is 8.78 Å². The summed E-state index contributed by atoms with van der Waals surface area (Å²) in [6.07, 6.45) is 2.54. The second-order valence-electron chi connectivity index (χ2n) is 4.03. The van der Waals surface area contributed by atoms with Crippen molar-refractivity contribution in [3.63, 3.8) is 0 Å². The van der Waals surface area contributed by atoms with Gasteiger partial charge in [0.25, 0.3) is 0 Å². The summed E-state index contributed by atoms with van der Waals surface area (Å²) in [6, 6.07) is 2.64. The molecule has 2 rings (SSSR count). The van der Waals surface area contributed by atoms with Gasteiger partial charge in [-0.05, 0) is 34.5 Å². The standard InChI is InChI=1S/C13H13BrF2N2S/c1-2-11(13-17-5-6-19-13)18-7-8-10(15)4-3-9(14)12(8)16/h3-6,11,18H,2,7H2,1H3. The first-order chi connectivity index (χ1) is 9.13. The zero-order valence-corrected chi connectivity index (χ0v) is 12.7. The molecule has 2 nitrogen and oxygen atoms in total. The Balaban J connectivity index is 2.12. The smallest absolute Gasteiger partial charge is 0.144 e. The number of halogens is 3. The van der Waals surface area contributed by atoms with Gasteiger partial charge in [-0.15, -0.1) is 11.3 Å². The van der Waals surface area contributed by atoms with Crippen molar-refractivity contribution in [3.05, 3.63) is 50.4 Å². The normalized spacial score (nSPS) is 12.6. The molecule has 19 heavy (non-hydrogen) atoms. The maximum absolute atomic E-state index is 13.8. The van der Waals surface area contributed by atoms with Gasteiger partial charge < -0.3 is 5.32 Å². The number of nitrogens with zero attached hydrogens (tertiary/aromatic N) is 1. The molecule has 0 saturated carbocycles. The lowest BCUT2D eigenvalue weighted by Crippen LogP contribution is -2.21. The van der Waals surface area contributed by atoms with Crippen molar-refractivity contribution in [2.24, 2.45) is 0 Å². The van der Waals surface area contributed by atoms with Gasteiger partial charge in [0.15, 0.2) is 0 Å². The van der Waals surface area contributed by atoms with Crippen LogP contribution in [0.5, 0.6) is 0 Å². The molecule has 0 amide bonds. The highest BCUT2D eigenvalue weighted by molar-refractivity contribution is 9.10. The van der Waals surface area contributed by atoms with Gasteiger partial charge in [0, 0.05) is 23.7 Å². The Labute approximate surface area is 123 Å². The van der Waals surface area contributed by atoms with Crippen molar-refractivity contribution in [3.8, 4) is 0 Å². The third kappa shape index (κ3) is 3.38. The first-order valence-electron chi connectivity index (χ1n) is 5.88. The number of hydrogen-bond acceptors (Lipinski definition) is 3. The van der Waals surface area contributed by atoms with Crippen molar-refractivity contribution in [1.29, 1.82) is 0 Å². The van der Waals surface area contributed by atoms with Gasteiger partial charge in [0.2, 0.25) is 0 Å². The van der Waals surface area contributed by atoms with Crippen LogP contribution >= 0.6 is 27.3 Å². The number of nitrogens with one attached hydrogen (secondary N) is 1. The first-order valence-corrected chi connectivity index (χ1v) is 7.56. The van der Waals surface area contributed by atoms with Crippen LogP contribution < -0.4 is 5.32 Å². The largest absolute Gasteiger partial charge is 0.304 e. The van der Waals surface area contributed by atoms with E-state index < -0.39 is 11.6 Å². The van der Waals surface area contributed by atoms with Crippen LogP contribution in [-0.4, -0.2) is 4.98 Å². The Kier molecular flexibility index (Phi) is 5.01. The molecule has 1 N–H and O–H groups in total. The second-order valence-corrected chi connectivity index (χ2v) is 5.81. The van der Waals surface area contributed by atoms with Crippen molar-refractivity contribution in [2.45, 2.75) is 25.9 Å². The summed E-state index contributed by atoms with van der Waals surface area (Å²) in [5.74, 6) is -1.09. The van der Waals surface area contributed by atoms with Gasteiger partial charge in [-0.2, -0.15) is 0 Å². The van der Waals surface area contributed by atoms with E-state index in [0.29, 0.717) is 0 Å². The number of hydrogen-bond donors (Lipinski definition) is 1. The van der Waals surface area contributed by atoms with Crippen molar-refractivity contribution < 1.29 is 8.78 Å². The highest BCUT2D eigenvalue weighted by Crippen LogP contribution is 2.24. The monoisotopic (exact) mass is 346 g/mol. The van der Waals surface area contributed by atoms with Crippen LogP contribution in [0.25, 0.3) is 0 Å². The zero-order valence-electron chi connectivity index (χ0n) is 10.3. The minimum absolute atomic E-state index is 0.0118. The van der Waals surface area contributed by atoms with E-state index in [2.05, 4.69) is 26.2 Å². The van der Waals surface area contributed by atoms with Crippen LogP contribution in [0.3, 0.4) is 0 Å². The molecule has 0 radical (unpaired) electrons. The first kappa shape index (κ1) is 14.6. The lowest BCUT2D eigenvalue weighted by atomic mass is 10.1. The third-order valence-electron chi connectivity index (χ3n) is 2.82. The van der Waals surface area contributed by atoms with Crippen molar-refractivity contribution >= 4 is 27.3 Å². The summed E-state index contributed by atoms with van der Waals surface area (Å²) in [6.45, 7) is 2.14. The van der Waals surface area contributed by atoms with E-state index in [1.165, 1.54) is 23.5 Å². The Bertz CT molecular complexity index is 546. The minimum Gasteiger partial charge on any atom is -0.304 e. The van der Waals surface area contributed by atoms with E-state index in [9.17, 15) is 8.78 Å². The van der Waals surface area contributed by atoms with Gasteiger partial charge in [-0.3, -0.25) is 0 Å². The molecule has 102 valence electrons. The molecule has 0 saturated heterocycles. The Morgan fingerprint density at radius 1 is 1.42 bits per heavy atom. The van der Waals surface area contributed by atoms with Gasteiger partial charge in [-0.1, -0.05) is 6.92 Å². The Morgan fingerprint density at radius 2 is 2.21 bits per heavy atom. The molecule has 0 fully saturated rings. The van der Waals surface area contributed by atoms with Gasteiger partial charge >= 0.3 is 0 Å². The Morgan fingerprint density at radius 3 is 2.84 bits per heavy atom. The zero-order chi connectivity index (χ0) is 13.8. The van der Waals surface area contributed by atoms with E-state index in [1.807, 2.05) is 12.3 Å². The van der Waals surface area contributed by atoms with Gasteiger partial charge in [-0.25, -0.2) is 13.8 Å². The lowest BCUT2D eigenvalue weighted by Gasteiger charge is -2.15. The lowest BCUT2D eigenvalue weighted by molar-refractivity contribution is 0.480. The summed E-state index contributed by atoms with van der Waals surface area (Å²) in [5, 5.41) is 5.96. The molecule has 1 atom stereocenters. The van der Waals surface area contributed by atoms with Crippen LogP contribution in [0, 0.1) is 11.6 Å². The molecular formula is C13H13BrF2N2S. The molecule has 1 heterocycles. The number of thiazole rings is 1. The predicted octanol–water partition coefficient (Wildman–Crippen LogP) is 4.42. The summed E-state index contributed by atoms with van der Waals surface area (Å²) in [4.78, 5) is 4.22. The maximum atomic E-state index is 13.8. The number of rotatable bonds is 5. The van der Waals surface area contributed by atoms with Crippen LogP contribution in [0.15, 0.2) is 28.2 Å². The van der Waals surface area contributed by atoms with Crippen LogP contribution in [0.2, 0.25) is 0 Å². The van der Waals surface area contributed by atoms with Gasteiger partial charge in [0.05, 0.1) is 10.5 Å². The summed E-state index contributed by atoms with van der Waals surface area (Å²) in [5.41, 5.74) is 0.0457. The SMILES string of the molecule is CCC(NCc1c(F)ccc(Br)c1F)c1nccs1. The van der Waals surface area contributed by atoms with E-state index >= 15 is 0 Å². The molecule has 6 heteroatoms. The summed E-state index contributed by atoms with van der Waals surface area (Å²) < 4.78 is 27.7. The molecule has 0 aliphatic carbocycles. The molecule has 2 aromatic rings. The quantitative estimate of drug-likeness (QED) is 0.810. The fraction of sp³-hybridized carbons (Fsp3) is 0.308. The highest BCUT2D eigenvalue weighted by atomic mass is 79.9. The fourth-order valence-electron chi connectivity index (χ4n) is 1.77. The third-order valence-corrected chi connectivity index (χ3v) is 4.32. The number of aromatic nitrogens is 1. The molecule has 0 bridgehead atoms. The number of benzene rings is 1. The molecule has 1 unspecified atom stereocenters. The highest BCUT2D eigenvalue weighted by Gasteiger charge is 2.16. The van der Waals surface area contributed by atoms with E-state index in [4.69, 9.17) is 0 Å². The maximum Gasteiger partial charge on any atom is 0.144 e. The predicted molar refractivity (Wildman–Crippen MR) is 76.0 cm³/mol. The second kappa shape index (κ2) is 6.54. The van der Waals surface area contributed by atoms with Crippen molar-refractivity contribution in [1.82, 2.24) is 10.3 Å². The molecule has 0 aliphatic rings. The minimum atomic E-state index is -0.554. The van der Waals surface area contributed by atoms with Crippen LogP contribution in [-0.2, 0) is 6.54 Å². The van der Waals surface area contributed by atoms with E-state index in [1.54, 1.807) is 6.20 Å². The average molecular weight is 347 g/mol. The fourth-order valence-corrected chi connectivity index (χ4v) is 2.94.